The van der Waals surface area contributed by atoms with Gasteiger partial charge in [0.2, 0.25) is 5.95 Å². The van der Waals surface area contributed by atoms with Gasteiger partial charge in [-0.1, -0.05) is 25.0 Å². The first-order valence-corrected chi connectivity index (χ1v) is 6.47. The maximum absolute atomic E-state index is 5.40. The molecule has 4 rings (SSSR count). The summed E-state index contributed by atoms with van der Waals surface area (Å²) in [6.45, 7) is 0. The largest absolute Gasteiger partial charge is 0.369 e. The Balaban J connectivity index is 0.000000212. The van der Waals surface area contributed by atoms with Gasteiger partial charge in [0.15, 0.2) is 15.9 Å². The third kappa shape index (κ3) is 4.44. The predicted molar refractivity (Wildman–Crippen MR) is 83.2 cm³/mol. The Morgan fingerprint density at radius 2 is 2.00 bits per heavy atom. The second-order valence-electron chi connectivity index (χ2n) is 3.87. The number of H-pyrrole nitrogens is 2. The summed E-state index contributed by atoms with van der Waals surface area (Å²) in [5.41, 5.74) is 8.25. The van der Waals surface area contributed by atoms with Crippen molar-refractivity contribution < 1.29 is 42.1 Å². The first kappa shape index (κ1) is 19.9. The van der Waals surface area contributed by atoms with E-state index in [0.717, 1.165) is 11.2 Å². The topological polar surface area (TPSA) is 127 Å². The SMILES string of the molecule is Nc1nc(=S)c2[nH]cnc2[nH]1.Sn1cnc2cncnc21.[Pt].[Pt]. The molecule has 0 saturated heterocycles. The van der Waals surface area contributed by atoms with Gasteiger partial charge in [0.1, 0.15) is 23.7 Å². The van der Waals surface area contributed by atoms with Crippen LogP contribution in [-0.2, 0) is 42.1 Å². The molecule has 0 aliphatic rings. The van der Waals surface area contributed by atoms with Crippen LogP contribution in [0.1, 0.15) is 0 Å². The number of nitrogens with two attached hydrogens (primary N) is 1. The number of hydrogen-bond donors (Lipinski definition) is 4. The molecule has 4 heterocycles. The van der Waals surface area contributed by atoms with Gasteiger partial charge in [-0.3, -0.25) is 3.97 Å². The molecule has 4 N–H and O–H groups in total. The van der Waals surface area contributed by atoms with Crippen LogP contribution in [-0.4, -0.2) is 38.9 Å². The molecule has 4 aromatic heterocycles. The van der Waals surface area contributed by atoms with E-state index in [0.29, 0.717) is 15.8 Å². The van der Waals surface area contributed by atoms with E-state index in [4.69, 9.17) is 18.0 Å². The van der Waals surface area contributed by atoms with Crippen molar-refractivity contribution in [3.8, 4) is 0 Å². The van der Waals surface area contributed by atoms with Crippen LogP contribution in [0.25, 0.3) is 22.3 Å². The fourth-order valence-corrected chi connectivity index (χ4v) is 2.08. The van der Waals surface area contributed by atoms with E-state index >= 15 is 0 Å². The number of nitrogen functional groups attached to an aromatic ring is 1. The number of nitrogens with zero attached hydrogens (tertiary/aromatic N) is 6. The van der Waals surface area contributed by atoms with E-state index in [1.807, 2.05) is 0 Å². The fraction of sp³-hybridized carbons (Fsp3) is 0. The number of rotatable bonds is 0. The Bertz CT molecular complexity index is 963. The van der Waals surface area contributed by atoms with E-state index < -0.39 is 0 Å². The van der Waals surface area contributed by atoms with Gasteiger partial charge in [-0.25, -0.2) is 24.9 Å². The molecule has 0 atom stereocenters. The standard InChI is InChI=1S/C5H5N5S.C5H4N4S.2Pt/c6-5-9-3-2(4(11)10-5)7-1-8-3;10-9-3-8-4-1-6-2-7-5(4)9;;/h1H,(H4,6,7,8,9,10,11);1-3,10H;;. The number of fused-ring (bicyclic) bond motifs is 2. The summed E-state index contributed by atoms with van der Waals surface area (Å²) in [7, 11) is 0. The maximum Gasteiger partial charge on any atom is 0.200 e. The summed E-state index contributed by atoms with van der Waals surface area (Å²) in [5.74, 6) is 0.287. The zero-order valence-electron chi connectivity index (χ0n) is 11.1. The molecule has 0 spiro atoms. The minimum atomic E-state index is 0. The Hall–Kier alpha value is -1.15. The van der Waals surface area contributed by atoms with Crippen LogP contribution in [0.3, 0.4) is 0 Å². The van der Waals surface area contributed by atoms with E-state index in [1.165, 1.54) is 12.7 Å². The average molecular weight is 710 g/mol. The molecule has 0 aliphatic carbocycles. The Kier molecular flexibility index (Phi) is 7.46. The molecule has 126 valence electrons. The third-order valence-electron chi connectivity index (χ3n) is 2.52. The summed E-state index contributed by atoms with van der Waals surface area (Å²) in [4.78, 5) is 25.1. The molecule has 0 amide bonds. The number of anilines is 1. The van der Waals surface area contributed by atoms with Gasteiger partial charge in [-0.2, -0.15) is 0 Å². The fourth-order valence-electron chi connectivity index (χ4n) is 1.62. The Labute approximate surface area is 169 Å². The van der Waals surface area contributed by atoms with Crippen LogP contribution in [0.5, 0.6) is 0 Å². The Morgan fingerprint density at radius 1 is 1.22 bits per heavy atom. The number of imidazole rings is 2. The van der Waals surface area contributed by atoms with Crippen molar-refractivity contribution in [2.75, 3.05) is 5.73 Å². The van der Waals surface area contributed by atoms with Gasteiger partial charge in [0.05, 0.1) is 12.5 Å². The molecule has 0 aliphatic heterocycles. The van der Waals surface area contributed by atoms with Crippen LogP contribution in [0.2, 0.25) is 0 Å². The van der Waals surface area contributed by atoms with Crippen molar-refractivity contribution in [1.82, 2.24) is 38.9 Å². The molecule has 23 heavy (non-hydrogen) atoms. The van der Waals surface area contributed by atoms with Gasteiger partial charge in [0.25, 0.3) is 0 Å². The number of aromatic nitrogens is 8. The van der Waals surface area contributed by atoms with E-state index in [1.54, 1.807) is 16.5 Å². The van der Waals surface area contributed by atoms with Crippen LogP contribution in [0.4, 0.5) is 5.95 Å². The van der Waals surface area contributed by atoms with Gasteiger partial charge < -0.3 is 15.7 Å². The predicted octanol–water partition coefficient (Wildman–Crippen LogP) is 1.11. The van der Waals surface area contributed by atoms with Crippen molar-refractivity contribution >= 4 is 53.3 Å². The van der Waals surface area contributed by atoms with Crippen LogP contribution in [0, 0.1) is 4.64 Å². The van der Waals surface area contributed by atoms with E-state index in [9.17, 15) is 0 Å². The minimum absolute atomic E-state index is 0. The van der Waals surface area contributed by atoms with Crippen molar-refractivity contribution in [3.63, 3.8) is 0 Å². The van der Waals surface area contributed by atoms with Crippen LogP contribution >= 0.6 is 25.0 Å². The van der Waals surface area contributed by atoms with Gasteiger partial charge in [0, 0.05) is 42.1 Å². The summed E-state index contributed by atoms with van der Waals surface area (Å²) >= 11 is 8.98. The van der Waals surface area contributed by atoms with Crippen molar-refractivity contribution in [3.05, 3.63) is 29.8 Å². The quantitative estimate of drug-likeness (QED) is 0.159. The van der Waals surface area contributed by atoms with E-state index in [2.05, 4.69) is 47.7 Å². The zero-order valence-corrected chi connectivity index (χ0v) is 17.3. The molecule has 0 unspecified atom stereocenters. The van der Waals surface area contributed by atoms with Crippen molar-refractivity contribution in [1.29, 1.82) is 0 Å². The molecule has 9 nitrogen and oxygen atoms in total. The number of thiol groups is 1. The van der Waals surface area contributed by atoms with Crippen LogP contribution < -0.4 is 5.73 Å². The zero-order chi connectivity index (χ0) is 14.8. The number of aromatic amines is 2. The third-order valence-corrected chi connectivity index (χ3v) is 3.11. The van der Waals surface area contributed by atoms with Crippen LogP contribution in [0.15, 0.2) is 25.2 Å². The second kappa shape index (κ2) is 8.63. The second-order valence-corrected chi connectivity index (χ2v) is 4.69. The summed E-state index contributed by atoms with van der Waals surface area (Å²) in [5, 5.41) is 0. The molecule has 0 radical (unpaired) electrons. The molecule has 0 aromatic carbocycles. The van der Waals surface area contributed by atoms with Gasteiger partial charge in [-0.05, 0) is 0 Å². The molecule has 0 fully saturated rings. The minimum Gasteiger partial charge on any atom is -0.369 e. The van der Waals surface area contributed by atoms with Crippen molar-refractivity contribution in [2.45, 2.75) is 0 Å². The average Bonchev–Trinajstić information content (AvgIpc) is 3.07. The van der Waals surface area contributed by atoms with Gasteiger partial charge >= 0.3 is 0 Å². The summed E-state index contributed by atoms with van der Waals surface area (Å²) < 4.78 is 1.99. The van der Waals surface area contributed by atoms with E-state index in [-0.39, 0.29) is 48.1 Å². The monoisotopic (exact) mass is 709 g/mol. The smallest absolute Gasteiger partial charge is 0.200 e. The molecule has 0 saturated carbocycles. The molecular formula is C10H9N9Pt2S2. The molecule has 0 bridgehead atoms. The first-order valence-electron chi connectivity index (χ1n) is 5.66. The summed E-state index contributed by atoms with van der Waals surface area (Å²) in [6, 6.07) is 0. The normalized spacial score (nSPS) is 9.61. The molecular weight excluding hydrogens is 700 g/mol. The van der Waals surface area contributed by atoms with Gasteiger partial charge in [-0.15, -0.1) is 0 Å². The maximum atomic E-state index is 5.40. The molecule has 4 aromatic rings. The first-order chi connectivity index (χ1) is 10.1. The summed E-state index contributed by atoms with van der Waals surface area (Å²) in [6.07, 6.45) is 6.24. The number of hydrogen-bond acceptors (Lipinski definition) is 8. The van der Waals surface area contributed by atoms with Crippen molar-refractivity contribution in [2.24, 2.45) is 0 Å². The number of nitrogens with one attached hydrogen (secondary N) is 2. The Morgan fingerprint density at radius 3 is 2.74 bits per heavy atom. The molecule has 13 heteroatoms.